The van der Waals surface area contributed by atoms with Crippen molar-refractivity contribution in [2.45, 2.75) is 16.7 Å². The van der Waals surface area contributed by atoms with Crippen molar-refractivity contribution in [2.75, 3.05) is 0 Å². The van der Waals surface area contributed by atoms with Crippen LogP contribution in [-0.4, -0.2) is 25.6 Å². The zero-order valence-electron chi connectivity index (χ0n) is 15.2. The van der Waals surface area contributed by atoms with Crippen molar-refractivity contribution in [3.63, 3.8) is 0 Å². The van der Waals surface area contributed by atoms with Crippen LogP contribution in [-0.2, 0) is 9.84 Å². The van der Waals surface area contributed by atoms with Crippen LogP contribution < -0.4 is 5.43 Å². The lowest BCUT2D eigenvalue weighted by Gasteiger charge is -2.05. The number of amides is 1. The first-order chi connectivity index (χ1) is 14.1. The van der Waals surface area contributed by atoms with E-state index in [1.807, 2.05) is 0 Å². The van der Waals surface area contributed by atoms with Crippen LogP contribution in [0.25, 0.3) is 0 Å². The van der Waals surface area contributed by atoms with Crippen molar-refractivity contribution < 1.29 is 18.3 Å². The first-order valence-corrected chi connectivity index (χ1v) is 12.5. The summed E-state index contributed by atoms with van der Waals surface area (Å²) in [6, 6.07) is 9.10. The van der Waals surface area contributed by atoms with Crippen LogP contribution in [0.4, 0.5) is 0 Å². The van der Waals surface area contributed by atoms with Crippen LogP contribution in [0, 0.1) is 6.92 Å². The van der Waals surface area contributed by atoms with Crippen molar-refractivity contribution in [3.8, 4) is 5.75 Å². The molecule has 1 amide bonds. The molecule has 0 bridgehead atoms. The van der Waals surface area contributed by atoms with Gasteiger partial charge >= 0.3 is 0 Å². The number of phenolic OH excluding ortho intramolecular Hbond substituents is 1. The Kier molecular flexibility index (Phi) is 7.03. The monoisotopic (exact) mass is 590 g/mol. The number of sulfone groups is 1. The number of rotatable bonds is 5. The lowest BCUT2D eigenvalue weighted by Crippen LogP contribution is -2.17. The number of halogens is 3. The topological polar surface area (TPSA) is 95.8 Å². The number of carbonyl (C=O) groups is 1. The largest absolute Gasteiger partial charge is 0.506 e. The average molecular weight is 593 g/mol. The van der Waals surface area contributed by atoms with E-state index in [1.165, 1.54) is 35.9 Å². The Labute approximate surface area is 198 Å². The van der Waals surface area contributed by atoms with E-state index in [0.717, 1.165) is 11.3 Å². The number of phenols is 1. The Morgan fingerprint density at radius 2 is 1.80 bits per heavy atom. The molecule has 1 heterocycles. The summed E-state index contributed by atoms with van der Waals surface area (Å²) in [6.07, 6.45) is 1.40. The maximum absolute atomic E-state index is 12.9. The van der Waals surface area contributed by atoms with Crippen molar-refractivity contribution >= 4 is 76.8 Å². The highest BCUT2D eigenvalue weighted by Gasteiger charge is 2.25. The van der Waals surface area contributed by atoms with Gasteiger partial charge in [0.05, 0.1) is 29.8 Å². The van der Waals surface area contributed by atoms with Gasteiger partial charge in [0.15, 0.2) is 0 Å². The van der Waals surface area contributed by atoms with E-state index in [-0.39, 0.29) is 20.4 Å². The second-order valence-corrected chi connectivity index (χ2v) is 11.0. The molecule has 0 fully saturated rings. The number of thiophene rings is 1. The predicted octanol–water partition coefficient (Wildman–Crippen LogP) is 5.54. The molecule has 0 radical (unpaired) electrons. The molecule has 0 aliphatic carbocycles. The van der Waals surface area contributed by atoms with E-state index in [9.17, 15) is 18.3 Å². The first-order valence-electron chi connectivity index (χ1n) is 8.21. The van der Waals surface area contributed by atoms with E-state index in [2.05, 4.69) is 42.4 Å². The number of nitrogens with one attached hydrogen (secondary N) is 1. The predicted molar refractivity (Wildman–Crippen MR) is 125 cm³/mol. The van der Waals surface area contributed by atoms with Gasteiger partial charge in [0.1, 0.15) is 5.75 Å². The van der Waals surface area contributed by atoms with Crippen molar-refractivity contribution in [2.24, 2.45) is 5.10 Å². The summed E-state index contributed by atoms with van der Waals surface area (Å²) in [5.74, 6) is -0.469. The summed E-state index contributed by atoms with van der Waals surface area (Å²) >= 11 is 13.3. The SMILES string of the molecule is Cc1c(S(=O)(=O)c2ccc(Cl)cc2)csc1C(=O)NN=Cc1cc(Br)c(O)c(Br)c1. The highest BCUT2D eigenvalue weighted by atomic mass is 79.9. The fraction of sp³-hybridized carbons (Fsp3) is 0.0526. The van der Waals surface area contributed by atoms with Crippen LogP contribution in [0.5, 0.6) is 5.75 Å². The molecule has 0 saturated carbocycles. The van der Waals surface area contributed by atoms with Gasteiger partial charge < -0.3 is 5.11 Å². The minimum atomic E-state index is -3.78. The molecular formula is C19H13Br2ClN2O4S2. The van der Waals surface area contributed by atoms with Gasteiger partial charge in [-0.3, -0.25) is 4.79 Å². The van der Waals surface area contributed by atoms with E-state index in [1.54, 1.807) is 19.1 Å². The number of hydrazone groups is 1. The van der Waals surface area contributed by atoms with E-state index < -0.39 is 15.7 Å². The highest BCUT2D eigenvalue weighted by molar-refractivity contribution is 9.11. The van der Waals surface area contributed by atoms with Crippen LogP contribution in [0.15, 0.2) is 65.6 Å². The smallest absolute Gasteiger partial charge is 0.281 e. The molecule has 3 aromatic rings. The van der Waals surface area contributed by atoms with E-state index in [0.29, 0.717) is 25.1 Å². The fourth-order valence-electron chi connectivity index (χ4n) is 2.51. The molecule has 6 nitrogen and oxygen atoms in total. The molecule has 0 saturated heterocycles. The molecule has 0 aliphatic heterocycles. The summed E-state index contributed by atoms with van der Waals surface area (Å²) in [7, 11) is -3.78. The average Bonchev–Trinajstić information content (AvgIpc) is 3.08. The second-order valence-electron chi connectivity index (χ2n) is 6.04. The molecular weight excluding hydrogens is 580 g/mol. The summed E-state index contributed by atoms with van der Waals surface area (Å²) in [4.78, 5) is 12.9. The molecule has 2 N–H and O–H groups in total. The third kappa shape index (κ3) is 4.78. The summed E-state index contributed by atoms with van der Waals surface area (Å²) < 4.78 is 26.7. The zero-order chi connectivity index (χ0) is 22.1. The van der Waals surface area contributed by atoms with Crippen LogP contribution in [0.3, 0.4) is 0 Å². The number of nitrogens with zero attached hydrogens (tertiary/aromatic N) is 1. The zero-order valence-corrected chi connectivity index (χ0v) is 20.7. The summed E-state index contributed by atoms with van der Waals surface area (Å²) in [6.45, 7) is 1.58. The normalized spacial score (nSPS) is 11.7. The van der Waals surface area contributed by atoms with Gasteiger partial charge in [0.25, 0.3) is 5.91 Å². The van der Waals surface area contributed by atoms with Crippen molar-refractivity contribution in [1.82, 2.24) is 5.43 Å². The van der Waals surface area contributed by atoms with Crippen LogP contribution >= 0.6 is 54.8 Å². The highest BCUT2D eigenvalue weighted by Crippen LogP contribution is 2.33. The standard InChI is InChI=1S/C19H13Br2ClN2O4S2/c1-10-16(30(27,28)13-4-2-12(22)3-5-13)9-29-18(10)19(26)24-23-8-11-6-14(20)17(25)15(21)7-11/h2-9,25H,1H3,(H,24,26). The Morgan fingerprint density at radius 1 is 1.20 bits per heavy atom. The van der Waals surface area contributed by atoms with E-state index in [4.69, 9.17) is 11.6 Å². The molecule has 30 heavy (non-hydrogen) atoms. The fourth-order valence-corrected chi connectivity index (χ4v) is 6.66. The Balaban J connectivity index is 1.80. The van der Waals surface area contributed by atoms with Gasteiger partial charge in [-0.2, -0.15) is 5.10 Å². The number of hydrogen-bond acceptors (Lipinski definition) is 6. The third-order valence-electron chi connectivity index (χ3n) is 4.03. The van der Waals surface area contributed by atoms with Gasteiger partial charge in [0.2, 0.25) is 9.84 Å². The Hall–Kier alpha value is -1.72. The van der Waals surface area contributed by atoms with Gasteiger partial charge in [-0.1, -0.05) is 11.6 Å². The van der Waals surface area contributed by atoms with Gasteiger partial charge in [-0.15, -0.1) is 11.3 Å². The molecule has 0 spiro atoms. The maximum atomic E-state index is 12.9. The second kappa shape index (κ2) is 9.19. The minimum Gasteiger partial charge on any atom is -0.506 e. The third-order valence-corrected chi connectivity index (χ3v) is 8.62. The number of benzene rings is 2. The lowest BCUT2D eigenvalue weighted by molar-refractivity contribution is 0.0958. The van der Waals surface area contributed by atoms with E-state index >= 15 is 0 Å². The number of hydrogen-bond donors (Lipinski definition) is 2. The van der Waals surface area contributed by atoms with Gasteiger partial charge in [-0.25, -0.2) is 13.8 Å². The molecule has 0 aliphatic rings. The molecule has 0 unspecified atom stereocenters. The molecule has 2 aromatic carbocycles. The molecule has 156 valence electrons. The van der Waals surface area contributed by atoms with Crippen LogP contribution in [0.2, 0.25) is 5.02 Å². The molecule has 1 aromatic heterocycles. The van der Waals surface area contributed by atoms with Gasteiger partial charge in [-0.05, 0) is 86.3 Å². The maximum Gasteiger partial charge on any atom is 0.281 e. The molecule has 0 atom stereocenters. The lowest BCUT2D eigenvalue weighted by atomic mass is 10.2. The Morgan fingerprint density at radius 3 is 2.40 bits per heavy atom. The van der Waals surface area contributed by atoms with Crippen molar-refractivity contribution in [1.29, 1.82) is 0 Å². The number of carbonyl (C=O) groups excluding carboxylic acids is 1. The van der Waals surface area contributed by atoms with Crippen molar-refractivity contribution in [3.05, 3.63) is 71.8 Å². The molecule has 11 heteroatoms. The number of aromatic hydroxyl groups is 1. The summed E-state index contributed by atoms with van der Waals surface area (Å²) in [5, 5.41) is 15.5. The quantitative estimate of drug-likeness (QED) is 0.301. The Bertz CT molecular complexity index is 1230. The van der Waals surface area contributed by atoms with Gasteiger partial charge in [0, 0.05) is 10.4 Å². The first kappa shape index (κ1) is 23.0. The summed E-state index contributed by atoms with van der Waals surface area (Å²) in [5.41, 5.74) is 3.36. The van der Waals surface area contributed by atoms with Crippen LogP contribution in [0.1, 0.15) is 20.8 Å². The molecule has 3 rings (SSSR count). The minimum absolute atomic E-state index is 0.0554.